The van der Waals surface area contributed by atoms with Gasteiger partial charge in [0.05, 0.1) is 18.7 Å². The molecule has 0 spiro atoms. The Morgan fingerprint density at radius 2 is 1.44 bits per heavy atom. The van der Waals surface area contributed by atoms with E-state index in [4.69, 9.17) is 4.74 Å². The number of ether oxygens (including phenoxy) is 1. The van der Waals surface area contributed by atoms with E-state index in [2.05, 4.69) is 53.3 Å². The molecule has 1 aromatic heterocycles. The van der Waals surface area contributed by atoms with Crippen molar-refractivity contribution in [1.82, 2.24) is 4.57 Å². The van der Waals surface area contributed by atoms with Crippen molar-refractivity contribution in [2.24, 2.45) is 7.05 Å². The molecule has 2 atom stereocenters. The average molecular weight is 475 g/mol. The first kappa shape index (κ1) is 23.4. The highest BCUT2D eigenvalue weighted by atomic mass is 16.5. The maximum atomic E-state index is 14.3. The number of esters is 1. The summed E-state index contributed by atoms with van der Waals surface area (Å²) in [5.74, 6) is -0.319. The van der Waals surface area contributed by atoms with Crippen LogP contribution >= 0.6 is 0 Å². The van der Waals surface area contributed by atoms with Crippen LogP contribution in [0, 0.1) is 6.92 Å². The van der Waals surface area contributed by atoms with Gasteiger partial charge in [-0.3, -0.25) is 4.79 Å². The lowest BCUT2D eigenvalue weighted by Gasteiger charge is -2.40. The zero-order chi connectivity index (χ0) is 25.1. The number of aryl methyl sites for hydroxylation is 2. The number of hydrogen-bond donors (Lipinski definition) is 1. The molecule has 180 valence electrons. The predicted molar refractivity (Wildman–Crippen MR) is 146 cm³/mol. The van der Waals surface area contributed by atoms with E-state index in [1.54, 1.807) is 0 Å². The number of aromatic nitrogens is 1. The fraction of sp³-hybridized carbons (Fsp3) is 0.156. The topological polar surface area (TPSA) is 43.3 Å². The first-order valence-electron chi connectivity index (χ1n) is 12.1. The van der Waals surface area contributed by atoms with Crippen LogP contribution in [0.15, 0.2) is 115 Å². The molecule has 4 aromatic carbocycles. The third-order valence-electron chi connectivity index (χ3n) is 7.02. The second kappa shape index (κ2) is 9.74. The van der Waals surface area contributed by atoms with Gasteiger partial charge in [-0.05, 0) is 35.7 Å². The Hall–Kier alpha value is -4.31. The number of para-hydroxylation sites is 2. The number of nitrogens with zero attached hydrogens (tertiary/aromatic N) is 1. The van der Waals surface area contributed by atoms with Gasteiger partial charge in [-0.25, -0.2) is 0 Å². The van der Waals surface area contributed by atoms with Gasteiger partial charge in [-0.1, -0.05) is 97.1 Å². The van der Waals surface area contributed by atoms with Gasteiger partial charge in [0, 0.05) is 29.9 Å². The highest BCUT2D eigenvalue weighted by molar-refractivity contribution is 5.98. The summed E-state index contributed by atoms with van der Waals surface area (Å²) in [5.41, 5.74) is 4.75. The van der Waals surface area contributed by atoms with Crippen LogP contribution in [0.25, 0.3) is 10.9 Å². The van der Waals surface area contributed by atoms with Gasteiger partial charge >= 0.3 is 5.97 Å². The molecule has 5 rings (SSSR count). The van der Waals surface area contributed by atoms with Crippen molar-refractivity contribution < 1.29 is 9.53 Å². The summed E-state index contributed by atoms with van der Waals surface area (Å²) >= 11 is 0. The Labute approximate surface area is 212 Å². The zero-order valence-corrected chi connectivity index (χ0v) is 20.8. The van der Waals surface area contributed by atoms with E-state index >= 15 is 0 Å². The summed E-state index contributed by atoms with van der Waals surface area (Å²) in [4.78, 5) is 14.3. The lowest BCUT2D eigenvalue weighted by atomic mass is 9.66. The number of carbonyl (C=O) groups is 1. The van der Waals surface area contributed by atoms with Crippen LogP contribution in [0.1, 0.15) is 28.3 Å². The van der Waals surface area contributed by atoms with Gasteiger partial charge in [0.1, 0.15) is 5.41 Å². The number of methoxy groups -OCH3 is 1. The summed E-state index contributed by atoms with van der Waals surface area (Å²) in [6.07, 6.45) is 2.09. The molecule has 1 N–H and O–H groups in total. The molecule has 0 saturated heterocycles. The van der Waals surface area contributed by atoms with E-state index in [1.807, 2.05) is 85.9 Å². The van der Waals surface area contributed by atoms with Crippen molar-refractivity contribution in [1.29, 1.82) is 0 Å². The van der Waals surface area contributed by atoms with Crippen molar-refractivity contribution >= 4 is 22.6 Å². The predicted octanol–water partition coefficient (Wildman–Crippen LogP) is 6.80. The van der Waals surface area contributed by atoms with Crippen LogP contribution in [-0.4, -0.2) is 17.6 Å². The molecule has 4 nitrogen and oxygen atoms in total. The fourth-order valence-electron chi connectivity index (χ4n) is 5.46. The second-order valence-electron chi connectivity index (χ2n) is 9.14. The minimum atomic E-state index is -1.18. The number of fused-ring (bicyclic) bond motifs is 1. The number of anilines is 1. The number of nitrogens with one attached hydrogen (secondary N) is 1. The standard InChI is InChI=1S/C32H30N2O2/c1-23-14-13-21-27-28(22-34(2)29(23)27)32(31(35)36-3,25-17-9-5-10-18-25)30(24-15-7-4-8-16-24)33-26-19-11-6-12-20-26/h4-22,30,33H,1-3H3. The van der Waals surface area contributed by atoms with Gasteiger partial charge in [0.15, 0.2) is 0 Å². The molecule has 1 heterocycles. The number of carbonyl (C=O) groups excluding carboxylic acids is 1. The van der Waals surface area contributed by atoms with Crippen molar-refractivity contribution in [2.75, 3.05) is 12.4 Å². The number of rotatable bonds is 7. The van der Waals surface area contributed by atoms with E-state index in [0.717, 1.165) is 38.8 Å². The van der Waals surface area contributed by atoms with Crippen LogP contribution < -0.4 is 5.32 Å². The first-order chi connectivity index (χ1) is 17.6. The highest BCUT2D eigenvalue weighted by Crippen LogP contribution is 2.49. The molecule has 0 amide bonds. The highest BCUT2D eigenvalue weighted by Gasteiger charge is 2.52. The molecular weight excluding hydrogens is 444 g/mol. The van der Waals surface area contributed by atoms with Crippen LogP contribution in [0.4, 0.5) is 5.69 Å². The monoisotopic (exact) mass is 474 g/mol. The molecule has 2 unspecified atom stereocenters. The Balaban J connectivity index is 1.91. The molecule has 0 fully saturated rings. The van der Waals surface area contributed by atoms with Gasteiger partial charge in [0.25, 0.3) is 0 Å². The van der Waals surface area contributed by atoms with Crippen molar-refractivity contribution in [3.63, 3.8) is 0 Å². The Morgan fingerprint density at radius 1 is 0.833 bits per heavy atom. The van der Waals surface area contributed by atoms with Gasteiger partial charge in [0.2, 0.25) is 0 Å². The van der Waals surface area contributed by atoms with E-state index in [9.17, 15) is 4.79 Å². The van der Waals surface area contributed by atoms with Crippen molar-refractivity contribution in [2.45, 2.75) is 18.4 Å². The molecule has 36 heavy (non-hydrogen) atoms. The number of benzene rings is 4. The Bertz CT molecular complexity index is 1480. The molecule has 0 saturated carbocycles. The minimum Gasteiger partial charge on any atom is -0.468 e. The molecule has 0 bridgehead atoms. The molecule has 4 heteroatoms. The van der Waals surface area contributed by atoms with E-state index in [-0.39, 0.29) is 5.97 Å². The molecule has 0 aliphatic heterocycles. The molecule has 0 radical (unpaired) electrons. The quantitative estimate of drug-likeness (QED) is 0.264. The largest absolute Gasteiger partial charge is 0.468 e. The Kier molecular flexibility index (Phi) is 6.34. The first-order valence-corrected chi connectivity index (χ1v) is 12.1. The maximum Gasteiger partial charge on any atom is 0.323 e. The van der Waals surface area contributed by atoms with Crippen LogP contribution in [-0.2, 0) is 22.0 Å². The van der Waals surface area contributed by atoms with Crippen LogP contribution in [0.2, 0.25) is 0 Å². The van der Waals surface area contributed by atoms with Crippen molar-refractivity contribution in [3.05, 3.63) is 138 Å². The Morgan fingerprint density at radius 3 is 2.08 bits per heavy atom. The fourth-order valence-corrected chi connectivity index (χ4v) is 5.46. The minimum absolute atomic E-state index is 0.319. The summed E-state index contributed by atoms with van der Waals surface area (Å²) in [5, 5.41) is 4.76. The van der Waals surface area contributed by atoms with Crippen molar-refractivity contribution in [3.8, 4) is 0 Å². The molecule has 0 aliphatic carbocycles. The van der Waals surface area contributed by atoms with Crippen LogP contribution in [0.5, 0.6) is 0 Å². The van der Waals surface area contributed by atoms with Gasteiger partial charge < -0.3 is 14.6 Å². The summed E-state index contributed by atoms with van der Waals surface area (Å²) in [6, 6.07) is 35.9. The normalized spacial score (nSPS) is 13.6. The van der Waals surface area contributed by atoms with Crippen LogP contribution in [0.3, 0.4) is 0 Å². The SMILES string of the molecule is COC(=O)C(c1ccccc1)(c1cn(C)c2c(C)cccc12)C(Nc1ccccc1)c1ccccc1. The van der Waals surface area contributed by atoms with E-state index < -0.39 is 11.5 Å². The lowest BCUT2D eigenvalue weighted by Crippen LogP contribution is -2.46. The lowest BCUT2D eigenvalue weighted by molar-refractivity contribution is -0.146. The smallest absolute Gasteiger partial charge is 0.323 e. The summed E-state index contributed by atoms with van der Waals surface area (Å²) in [7, 11) is 3.51. The van der Waals surface area contributed by atoms with Gasteiger partial charge in [-0.15, -0.1) is 0 Å². The summed E-state index contributed by atoms with van der Waals surface area (Å²) in [6.45, 7) is 2.10. The maximum absolute atomic E-state index is 14.3. The number of hydrogen-bond acceptors (Lipinski definition) is 3. The zero-order valence-electron chi connectivity index (χ0n) is 20.8. The molecular formula is C32H30N2O2. The summed E-state index contributed by atoms with van der Waals surface area (Å²) < 4.78 is 7.78. The second-order valence-corrected chi connectivity index (χ2v) is 9.14. The van der Waals surface area contributed by atoms with E-state index in [1.165, 1.54) is 7.11 Å². The third-order valence-corrected chi connectivity index (χ3v) is 7.02. The van der Waals surface area contributed by atoms with E-state index in [0.29, 0.717) is 0 Å². The average Bonchev–Trinajstić information content (AvgIpc) is 3.27. The molecule has 5 aromatic rings. The van der Waals surface area contributed by atoms with Gasteiger partial charge in [-0.2, -0.15) is 0 Å². The molecule has 0 aliphatic rings. The third kappa shape index (κ3) is 3.85.